The smallest absolute Gasteiger partial charge is 0.224 e. The van der Waals surface area contributed by atoms with Crippen LogP contribution in [0, 0.1) is 0 Å². The van der Waals surface area contributed by atoms with Crippen LogP contribution in [-0.2, 0) is 14.6 Å². The first kappa shape index (κ1) is 16.7. The van der Waals surface area contributed by atoms with Crippen LogP contribution in [0.25, 0.3) is 0 Å². The third kappa shape index (κ3) is 4.95. The molecule has 0 aromatic carbocycles. The van der Waals surface area contributed by atoms with Crippen LogP contribution in [-0.4, -0.2) is 55.9 Å². The Morgan fingerprint density at radius 2 is 1.86 bits per heavy atom. The molecule has 0 aromatic heterocycles. The van der Waals surface area contributed by atoms with Crippen LogP contribution in [0.4, 0.5) is 0 Å². The fourth-order valence-electron chi connectivity index (χ4n) is 3.20. The fraction of sp³-hybridized carbons (Fsp3) is 0.933. The first-order chi connectivity index (χ1) is 9.99. The number of likely N-dealkylation sites (tertiary alicyclic amines) is 1. The molecular formula is C15H28N2O3S. The van der Waals surface area contributed by atoms with E-state index in [4.69, 9.17) is 0 Å². The van der Waals surface area contributed by atoms with Crippen molar-refractivity contribution < 1.29 is 13.2 Å². The number of carbonyl (C=O) groups excluding carboxylic acids is 1. The molecule has 2 saturated heterocycles. The molecule has 0 aliphatic carbocycles. The molecule has 0 unspecified atom stereocenters. The number of nitrogens with zero attached hydrogens (tertiary/aromatic N) is 1. The van der Waals surface area contributed by atoms with Crippen LogP contribution < -0.4 is 5.32 Å². The lowest BCUT2D eigenvalue weighted by atomic mass is 10.2. The number of nitrogens with one attached hydrogen (secondary N) is 1. The van der Waals surface area contributed by atoms with Crippen LogP contribution in [0.1, 0.15) is 51.9 Å². The Labute approximate surface area is 128 Å². The summed E-state index contributed by atoms with van der Waals surface area (Å²) < 4.78 is 23.5. The Balaban J connectivity index is 1.73. The molecule has 1 amide bonds. The number of rotatable bonds is 5. The number of amides is 1. The summed E-state index contributed by atoms with van der Waals surface area (Å²) in [6, 6.07) is 0.0385. The van der Waals surface area contributed by atoms with Crippen LogP contribution >= 0.6 is 0 Å². The zero-order valence-electron chi connectivity index (χ0n) is 13.0. The van der Waals surface area contributed by atoms with Crippen molar-refractivity contribution in [1.82, 2.24) is 10.2 Å². The Bertz CT molecular complexity index is 442. The highest BCUT2D eigenvalue weighted by molar-refractivity contribution is 7.92. The molecule has 2 aliphatic heterocycles. The van der Waals surface area contributed by atoms with E-state index in [2.05, 4.69) is 5.32 Å². The van der Waals surface area contributed by atoms with Gasteiger partial charge >= 0.3 is 0 Å². The molecule has 2 aliphatic rings. The SMILES string of the molecule is C[C@H](CC(=O)N1CCCCCC1)NC[C@@H]1CCCS1(=O)=O. The topological polar surface area (TPSA) is 66.5 Å². The lowest BCUT2D eigenvalue weighted by Crippen LogP contribution is -2.40. The molecule has 2 atom stereocenters. The first-order valence-corrected chi connectivity index (χ1v) is 9.93. The maximum Gasteiger partial charge on any atom is 0.224 e. The van der Waals surface area contributed by atoms with Gasteiger partial charge in [-0.3, -0.25) is 4.79 Å². The molecule has 6 heteroatoms. The summed E-state index contributed by atoms with van der Waals surface area (Å²) in [7, 11) is -2.89. The van der Waals surface area contributed by atoms with Crippen molar-refractivity contribution in [2.45, 2.75) is 63.2 Å². The molecule has 21 heavy (non-hydrogen) atoms. The largest absolute Gasteiger partial charge is 0.343 e. The summed E-state index contributed by atoms with van der Waals surface area (Å²) in [5.74, 6) is 0.520. The monoisotopic (exact) mass is 316 g/mol. The lowest BCUT2D eigenvalue weighted by Gasteiger charge is -2.23. The molecule has 2 rings (SSSR count). The first-order valence-electron chi connectivity index (χ1n) is 8.22. The van der Waals surface area contributed by atoms with Crippen molar-refractivity contribution in [2.24, 2.45) is 0 Å². The van der Waals surface area contributed by atoms with Crippen LogP contribution in [0.15, 0.2) is 0 Å². The van der Waals surface area contributed by atoms with Gasteiger partial charge in [0.15, 0.2) is 9.84 Å². The third-order valence-electron chi connectivity index (χ3n) is 4.60. The highest BCUT2D eigenvalue weighted by Gasteiger charge is 2.31. The summed E-state index contributed by atoms with van der Waals surface area (Å²) in [6.45, 7) is 4.21. The minimum absolute atomic E-state index is 0.0385. The summed E-state index contributed by atoms with van der Waals surface area (Å²) >= 11 is 0. The predicted octanol–water partition coefficient (Wildman–Crippen LogP) is 1.33. The van der Waals surface area contributed by atoms with Gasteiger partial charge < -0.3 is 10.2 Å². The summed E-state index contributed by atoms with van der Waals surface area (Å²) in [5, 5.41) is 2.98. The number of sulfone groups is 1. The van der Waals surface area contributed by atoms with Gasteiger partial charge in [-0.1, -0.05) is 12.8 Å². The van der Waals surface area contributed by atoms with Crippen molar-refractivity contribution in [3.8, 4) is 0 Å². The van der Waals surface area contributed by atoms with Crippen molar-refractivity contribution in [3.05, 3.63) is 0 Å². The van der Waals surface area contributed by atoms with Gasteiger partial charge in [-0.15, -0.1) is 0 Å². The lowest BCUT2D eigenvalue weighted by molar-refractivity contribution is -0.131. The molecule has 0 bridgehead atoms. The van der Waals surface area contributed by atoms with Crippen molar-refractivity contribution in [3.63, 3.8) is 0 Å². The van der Waals surface area contributed by atoms with Gasteiger partial charge in [-0.25, -0.2) is 8.42 Å². The quantitative estimate of drug-likeness (QED) is 0.831. The van der Waals surface area contributed by atoms with E-state index >= 15 is 0 Å². The Kier molecular flexibility index (Phi) is 6.05. The molecule has 0 spiro atoms. The zero-order valence-corrected chi connectivity index (χ0v) is 13.8. The number of hydrogen-bond donors (Lipinski definition) is 1. The molecule has 5 nitrogen and oxygen atoms in total. The van der Waals surface area contributed by atoms with E-state index in [0.29, 0.717) is 18.7 Å². The maximum atomic E-state index is 12.3. The molecule has 1 N–H and O–H groups in total. The van der Waals surface area contributed by atoms with E-state index in [-0.39, 0.29) is 17.2 Å². The van der Waals surface area contributed by atoms with E-state index < -0.39 is 9.84 Å². The van der Waals surface area contributed by atoms with E-state index in [1.165, 1.54) is 12.8 Å². The second kappa shape index (κ2) is 7.58. The van der Waals surface area contributed by atoms with Crippen LogP contribution in [0.3, 0.4) is 0 Å². The normalized spacial score (nSPS) is 27.3. The van der Waals surface area contributed by atoms with Gasteiger partial charge in [0, 0.05) is 32.1 Å². The second-order valence-electron chi connectivity index (χ2n) is 6.44. The van der Waals surface area contributed by atoms with Gasteiger partial charge in [-0.2, -0.15) is 0 Å². The second-order valence-corrected chi connectivity index (χ2v) is 8.84. The number of hydrogen-bond acceptors (Lipinski definition) is 4. The minimum Gasteiger partial charge on any atom is -0.343 e. The highest BCUT2D eigenvalue weighted by Crippen LogP contribution is 2.19. The Hall–Kier alpha value is -0.620. The van der Waals surface area contributed by atoms with E-state index in [1.807, 2.05) is 11.8 Å². The van der Waals surface area contributed by atoms with Gasteiger partial charge in [0.2, 0.25) is 5.91 Å². The fourth-order valence-corrected chi connectivity index (χ4v) is 4.98. The maximum absolute atomic E-state index is 12.3. The van der Waals surface area contributed by atoms with E-state index in [0.717, 1.165) is 38.8 Å². The molecular weight excluding hydrogens is 288 g/mol. The van der Waals surface area contributed by atoms with Crippen LogP contribution in [0.2, 0.25) is 0 Å². The van der Waals surface area contributed by atoms with Crippen molar-refractivity contribution in [1.29, 1.82) is 0 Å². The zero-order chi connectivity index (χ0) is 15.3. The summed E-state index contributed by atoms with van der Waals surface area (Å²) in [6.07, 6.45) is 6.64. The molecule has 2 heterocycles. The summed E-state index contributed by atoms with van der Waals surface area (Å²) in [5.41, 5.74) is 0. The van der Waals surface area contributed by atoms with Gasteiger partial charge in [0.1, 0.15) is 0 Å². The minimum atomic E-state index is -2.89. The third-order valence-corrected chi connectivity index (χ3v) is 6.87. The molecule has 122 valence electrons. The average molecular weight is 316 g/mol. The van der Waals surface area contributed by atoms with Crippen molar-refractivity contribution in [2.75, 3.05) is 25.4 Å². The van der Waals surface area contributed by atoms with E-state index in [9.17, 15) is 13.2 Å². The molecule has 2 fully saturated rings. The van der Waals surface area contributed by atoms with Crippen LogP contribution in [0.5, 0.6) is 0 Å². The highest BCUT2D eigenvalue weighted by atomic mass is 32.2. The predicted molar refractivity (Wildman–Crippen MR) is 83.9 cm³/mol. The molecule has 0 aromatic rings. The number of carbonyl (C=O) groups is 1. The summed E-state index contributed by atoms with van der Waals surface area (Å²) in [4.78, 5) is 14.2. The van der Waals surface area contributed by atoms with E-state index in [1.54, 1.807) is 0 Å². The van der Waals surface area contributed by atoms with Gasteiger partial charge in [0.05, 0.1) is 11.0 Å². The average Bonchev–Trinajstić information content (AvgIpc) is 2.66. The standard InChI is InChI=1S/C15H28N2O3S/c1-13(16-12-14-7-6-10-21(14,19)20)11-15(18)17-8-4-2-3-5-9-17/h13-14,16H,2-12H2,1H3/t13-,14+/m1/s1. The Morgan fingerprint density at radius 3 is 2.43 bits per heavy atom. The van der Waals surface area contributed by atoms with Gasteiger partial charge in [-0.05, 0) is 32.6 Å². The molecule has 0 saturated carbocycles. The van der Waals surface area contributed by atoms with Crippen molar-refractivity contribution >= 4 is 15.7 Å². The Morgan fingerprint density at radius 1 is 1.19 bits per heavy atom. The van der Waals surface area contributed by atoms with Gasteiger partial charge in [0.25, 0.3) is 0 Å². The molecule has 0 radical (unpaired) electrons.